The van der Waals surface area contributed by atoms with Crippen molar-refractivity contribution in [3.63, 3.8) is 0 Å². The summed E-state index contributed by atoms with van der Waals surface area (Å²) in [5.74, 6) is -5.02. The first-order valence-electron chi connectivity index (χ1n) is 7.71. The first-order chi connectivity index (χ1) is 12.9. The minimum atomic E-state index is -6.41. The average Bonchev–Trinajstić information content (AvgIpc) is 2.50. The standard InChI is InChI=1S/C15H15BF6O6S/c1-8(2)27-11-5-9(3-4-10(11)6-16)12(23)28-13(14(17,18)19,15(20,21)22)7-29(24,25)26/h3-5H,1,6-7,16H2,2H3,(H,24,25,26). The molecule has 1 aromatic rings. The molecule has 6 nitrogen and oxygen atoms in total. The maximum Gasteiger partial charge on any atom is 0.438 e. The van der Waals surface area contributed by atoms with Gasteiger partial charge in [-0.05, 0) is 24.6 Å². The van der Waals surface area contributed by atoms with Crippen LogP contribution < -0.4 is 4.74 Å². The molecule has 0 fully saturated rings. The number of alkyl halides is 6. The molecular weight excluding hydrogens is 433 g/mol. The van der Waals surface area contributed by atoms with E-state index in [1.807, 2.05) is 0 Å². The Morgan fingerprint density at radius 2 is 1.69 bits per heavy atom. The molecule has 0 atom stereocenters. The van der Waals surface area contributed by atoms with Gasteiger partial charge in [0.25, 0.3) is 10.1 Å². The molecule has 0 unspecified atom stereocenters. The predicted molar refractivity (Wildman–Crippen MR) is 90.8 cm³/mol. The van der Waals surface area contributed by atoms with Gasteiger partial charge in [-0.2, -0.15) is 34.8 Å². The molecule has 0 saturated heterocycles. The van der Waals surface area contributed by atoms with Crippen molar-refractivity contribution in [2.24, 2.45) is 0 Å². The van der Waals surface area contributed by atoms with Crippen LogP contribution >= 0.6 is 0 Å². The normalized spacial score (nSPS) is 13.1. The van der Waals surface area contributed by atoms with Crippen LogP contribution in [0.3, 0.4) is 0 Å². The molecule has 1 N–H and O–H groups in total. The van der Waals surface area contributed by atoms with Gasteiger partial charge in [-0.1, -0.05) is 19.0 Å². The lowest BCUT2D eigenvalue weighted by Gasteiger charge is -2.35. The van der Waals surface area contributed by atoms with E-state index in [0.29, 0.717) is 11.9 Å². The first-order valence-corrected chi connectivity index (χ1v) is 9.32. The van der Waals surface area contributed by atoms with Crippen molar-refractivity contribution in [3.05, 3.63) is 41.7 Å². The molecule has 29 heavy (non-hydrogen) atoms. The predicted octanol–water partition coefficient (Wildman–Crippen LogP) is 2.64. The fraction of sp³-hybridized carbons (Fsp3) is 0.400. The van der Waals surface area contributed by atoms with Gasteiger partial charge >= 0.3 is 23.9 Å². The van der Waals surface area contributed by atoms with E-state index in [1.165, 1.54) is 13.0 Å². The van der Waals surface area contributed by atoms with Gasteiger partial charge < -0.3 is 9.47 Å². The van der Waals surface area contributed by atoms with Crippen LogP contribution in [-0.2, 0) is 21.2 Å². The summed E-state index contributed by atoms with van der Waals surface area (Å²) in [5, 5.41) is 0. The Kier molecular flexibility index (Phi) is 7.07. The molecule has 0 heterocycles. The van der Waals surface area contributed by atoms with Gasteiger partial charge in [0.1, 0.15) is 19.3 Å². The van der Waals surface area contributed by atoms with Crippen molar-refractivity contribution in [2.45, 2.75) is 31.2 Å². The molecule has 0 bridgehead atoms. The number of rotatable bonds is 7. The van der Waals surface area contributed by atoms with E-state index in [1.54, 1.807) is 7.85 Å². The van der Waals surface area contributed by atoms with Gasteiger partial charge in [0.15, 0.2) is 0 Å². The Bertz CT molecular complexity index is 880. The third-order valence-corrected chi connectivity index (χ3v) is 4.31. The maximum absolute atomic E-state index is 13.2. The van der Waals surface area contributed by atoms with E-state index in [4.69, 9.17) is 9.29 Å². The van der Waals surface area contributed by atoms with Crippen LogP contribution in [0.2, 0.25) is 0 Å². The second kappa shape index (κ2) is 8.26. The van der Waals surface area contributed by atoms with Crippen LogP contribution in [0.15, 0.2) is 30.5 Å². The smallest absolute Gasteiger partial charge is 0.438 e. The maximum atomic E-state index is 13.2. The molecule has 14 heteroatoms. The first kappa shape index (κ1) is 24.8. The number of halogens is 6. The Morgan fingerprint density at radius 3 is 2.07 bits per heavy atom. The van der Waals surface area contributed by atoms with Gasteiger partial charge in [0.05, 0.1) is 11.3 Å². The lowest BCUT2D eigenvalue weighted by Crippen LogP contribution is -2.63. The van der Waals surface area contributed by atoms with Crippen molar-refractivity contribution < 1.29 is 53.6 Å². The van der Waals surface area contributed by atoms with E-state index in [2.05, 4.69) is 11.3 Å². The van der Waals surface area contributed by atoms with Crippen molar-refractivity contribution in [1.29, 1.82) is 0 Å². The molecule has 1 rings (SSSR count). The molecule has 0 aliphatic rings. The number of hydrogen-bond acceptors (Lipinski definition) is 5. The van der Waals surface area contributed by atoms with Gasteiger partial charge in [-0.25, -0.2) is 4.79 Å². The molecule has 0 spiro atoms. The number of carbonyl (C=O) groups excluding carboxylic acids is 1. The van der Waals surface area contributed by atoms with Gasteiger partial charge in [-0.15, -0.1) is 0 Å². The molecular formula is C15H15BF6O6S. The lowest BCUT2D eigenvalue weighted by atomic mass is 9.95. The third-order valence-electron chi connectivity index (χ3n) is 3.54. The molecule has 162 valence electrons. The summed E-state index contributed by atoms with van der Waals surface area (Å²) < 4.78 is 119. The quantitative estimate of drug-likeness (QED) is 0.227. The monoisotopic (exact) mass is 448 g/mol. The number of benzene rings is 1. The van der Waals surface area contributed by atoms with Gasteiger partial charge in [0.2, 0.25) is 0 Å². The van der Waals surface area contributed by atoms with E-state index < -0.39 is 45.4 Å². The van der Waals surface area contributed by atoms with E-state index in [0.717, 1.165) is 12.1 Å². The highest BCUT2D eigenvalue weighted by molar-refractivity contribution is 7.85. The van der Waals surface area contributed by atoms with E-state index >= 15 is 0 Å². The van der Waals surface area contributed by atoms with Crippen LogP contribution in [0.1, 0.15) is 22.8 Å². The molecule has 0 amide bonds. The SMILES string of the molecule is BCc1ccc(C(=O)OC(CS(=O)(=O)O)(C(F)(F)F)C(F)(F)F)cc1OC(=C)C. The topological polar surface area (TPSA) is 89.9 Å². The third kappa shape index (κ3) is 5.89. The van der Waals surface area contributed by atoms with Gasteiger partial charge in [-0.3, -0.25) is 4.55 Å². The van der Waals surface area contributed by atoms with Crippen molar-refractivity contribution in [2.75, 3.05) is 5.75 Å². The summed E-state index contributed by atoms with van der Waals surface area (Å²) in [7, 11) is -4.19. The zero-order valence-corrected chi connectivity index (χ0v) is 15.8. The largest absolute Gasteiger partial charge is 0.462 e. The zero-order valence-electron chi connectivity index (χ0n) is 15.0. The molecule has 0 saturated carbocycles. The van der Waals surface area contributed by atoms with Crippen LogP contribution in [0.25, 0.3) is 0 Å². The summed E-state index contributed by atoms with van der Waals surface area (Å²) in [6.45, 7) is 4.85. The number of ether oxygens (including phenoxy) is 2. The number of allylic oxidation sites excluding steroid dienone is 1. The molecule has 0 aliphatic carbocycles. The second-order valence-corrected chi connectivity index (χ2v) is 7.37. The molecule has 0 aliphatic heterocycles. The number of carbonyl (C=O) groups is 1. The van der Waals surface area contributed by atoms with Crippen molar-refractivity contribution in [3.8, 4) is 5.75 Å². The number of esters is 1. The average molecular weight is 448 g/mol. The highest BCUT2D eigenvalue weighted by Gasteiger charge is 2.76. The highest BCUT2D eigenvalue weighted by atomic mass is 32.2. The summed E-state index contributed by atoms with van der Waals surface area (Å²) in [4.78, 5) is 12.1. The zero-order chi connectivity index (χ0) is 22.8. The molecule has 1 aromatic carbocycles. The second-order valence-electron chi connectivity index (χ2n) is 5.92. The fourth-order valence-corrected chi connectivity index (χ4v) is 3.10. The van der Waals surface area contributed by atoms with E-state index in [-0.39, 0.29) is 11.5 Å². The van der Waals surface area contributed by atoms with Crippen molar-refractivity contribution in [1.82, 2.24) is 0 Å². The van der Waals surface area contributed by atoms with Crippen molar-refractivity contribution >= 4 is 23.9 Å². The molecule has 0 aromatic heterocycles. The Balaban J connectivity index is 3.51. The number of hydrogen-bond donors (Lipinski definition) is 1. The summed E-state index contributed by atoms with van der Waals surface area (Å²) in [6, 6.07) is 2.93. The van der Waals surface area contributed by atoms with Gasteiger partial charge in [0, 0.05) is 0 Å². The highest BCUT2D eigenvalue weighted by Crippen LogP contribution is 2.47. The fourth-order valence-electron chi connectivity index (χ4n) is 2.20. The Hall–Kier alpha value is -2.22. The molecule has 0 radical (unpaired) electrons. The Morgan fingerprint density at radius 1 is 1.17 bits per heavy atom. The minimum Gasteiger partial charge on any atom is -0.462 e. The van der Waals surface area contributed by atoms with Crippen LogP contribution in [-0.4, -0.2) is 50.5 Å². The van der Waals surface area contributed by atoms with Crippen LogP contribution in [0.5, 0.6) is 5.75 Å². The van der Waals surface area contributed by atoms with Crippen LogP contribution in [0.4, 0.5) is 26.3 Å². The minimum absolute atomic E-state index is 0.0613. The van der Waals surface area contributed by atoms with Crippen LogP contribution in [0, 0.1) is 0 Å². The summed E-state index contributed by atoms with van der Waals surface area (Å²) >= 11 is 0. The summed E-state index contributed by atoms with van der Waals surface area (Å²) in [5.41, 5.74) is -5.80. The Labute approximate surface area is 162 Å². The van der Waals surface area contributed by atoms with E-state index in [9.17, 15) is 39.6 Å². The lowest BCUT2D eigenvalue weighted by molar-refractivity contribution is -0.356. The summed E-state index contributed by atoms with van der Waals surface area (Å²) in [6.07, 6.45) is -12.5.